The van der Waals surface area contributed by atoms with E-state index >= 15 is 0 Å². The Kier molecular flexibility index (Phi) is 4.32. The fourth-order valence-electron chi connectivity index (χ4n) is 1.02. The molecule has 0 aliphatic heterocycles. The van der Waals surface area contributed by atoms with Gasteiger partial charge in [-0.3, -0.25) is 0 Å². The molecule has 0 bridgehead atoms. The normalized spacial score (nSPS) is 10.7. The SMILES string of the molecule is COc1cc(C=CCCS)cnc1N. The summed E-state index contributed by atoms with van der Waals surface area (Å²) in [5, 5.41) is 0. The molecule has 1 rings (SSSR count). The van der Waals surface area contributed by atoms with Gasteiger partial charge in [0.2, 0.25) is 0 Å². The number of hydrogen-bond acceptors (Lipinski definition) is 4. The summed E-state index contributed by atoms with van der Waals surface area (Å²) in [4.78, 5) is 4.01. The van der Waals surface area contributed by atoms with Crippen molar-refractivity contribution < 1.29 is 4.74 Å². The minimum Gasteiger partial charge on any atom is -0.493 e. The maximum atomic E-state index is 5.58. The Morgan fingerprint density at radius 2 is 2.43 bits per heavy atom. The van der Waals surface area contributed by atoms with Crippen LogP contribution in [0.25, 0.3) is 6.08 Å². The van der Waals surface area contributed by atoms with Crippen molar-refractivity contribution in [2.75, 3.05) is 18.6 Å². The highest BCUT2D eigenvalue weighted by atomic mass is 32.1. The van der Waals surface area contributed by atoms with Crippen molar-refractivity contribution in [3.8, 4) is 5.75 Å². The van der Waals surface area contributed by atoms with Crippen LogP contribution in [0.1, 0.15) is 12.0 Å². The fraction of sp³-hybridized carbons (Fsp3) is 0.300. The van der Waals surface area contributed by atoms with E-state index in [1.54, 1.807) is 13.3 Å². The lowest BCUT2D eigenvalue weighted by Gasteiger charge is -2.03. The number of allylic oxidation sites excluding steroid dienone is 1. The second kappa shape index (κ2) is 5.54. The van der Waals surface area contributed by atoms with Gasteiger partial charge >= 0.3 is 0 Å². The molecule has 0 radical (unpaired) electrons. The molecule has 0 aromatic carbocycles. The van der Waals surface area contributed by atoms with Gasteiger partial charge in [-0.25, -0.2) is 4.98 Å². The lowest BCUT2D eigenvalue weighted by atomic mass is 10.2. The summed E-state index contributed by atoms with van der Waals surface area (Å²) < 4.78 is 5.06. The predicted octanol–water partition coefficient (Wildman–Crippen LogP) is 2.01. The predicted molar refractivity (Wildman–Crippen MR) is 62.7 cm³/mol. The highest BCUT2D eigenvalue weighted by Gasteiger charge is 1.99. The lowest BCUT2D eigenvalue weighted by Crippen LogP contribution is -1.95. The molecule has 0 fully saturated rings. The van der Waals surface area contributed by atoms with Crippen molar-refractivity contribution in [3.63, 3.8) is 0 Å². The highest BCUT2D eigenvalue weighted by molar-refractivity contribution is 7.80. The zero-order valence-electron chi connectivity index (χ0n) is 8.10. The molecule has 0 saturated carbocycles. The maximum Gasteiger partial charge on any atom is 0.166 e. The van der Waals surface area contributed by atoms with Gasteiger partial charge in [-0.1, -0.05) is 12.2 Å². The van der Waals surface area contributed by atoms with Crippen LogP contribution in [0.4, 0.5) is 5.82 Å². The van der Waals surface area contributed by atoms with Gasteiger partial charge in [0.1, 0.15) is 0 Å². The molecule has 1 heterocycles. The number of methoxy groups -OCH3 is 1. The minimum atomic E-state index is 0.416. The Labute approximate surface area is 89.4 Å². The number of nitrogens with zero attached hydrogens (tertiary/aromatic N) is 1. The van der Waals surface area contributed by atoms with Gasteiger partial charge in [0, 0.05) is 6.20 Å². The molecule has 0 unspecified atom stereocenters. The summed E-state index contributed by atoms with van der Waals surface area (Å²) in [7, 11) is 1.58. The second-order valence-corrected chi connectivity index (χ2v) is 3.22. The molecular formula is C10H14N2OS. The first-order valence-corrected chi connectivity index (χ1v) is 4.98. The molecule has 3 nitrogen and oxygen atoms in total. The van der Waals surface area contributed by atoms with Crippen LogP contribution in [0.2, 0.25) is 0 Å². The van der Waals surface area contributed by atoms with Crippen molar-refractivity contribution in [1.29, 1.82) is 0 Å². The van der Waals surface area contributed by atoms with Crippen molar-refractivity contribution in [2.45, 2.75) is 6.42 Å². The van der Waals surface area contributed by atoms with Crippen LogP contribution >= 0.6 is 12.6 Å². The third kappa shape index (κ3) is 2.96. The molecule has 76 valence electrons. The van der Waals surface area contributed by atoms with Gasteiger partial charge in [-0.15, -0.1) is 0 Å². The minimum absolute atomic E-state index is 0.416. The highest BCUT2D eigenvalue weighted by Crippen LogP contribution is 2.19. The number of aromatic nitrogens is 1. The average Bonchev–Trinajstić information content (AvgIpc) is 2.21. The molecule has 0 saturated heterocycles. The number of ether oxygens (including phenoxy) is 1. The molecule has 14 heavy (non-hydrogen) atoms. The molecule has 0 amide bonds. The fourth-order valence-corrected chi connectivity index (χ4v) is 1.17. The quantitative estimate of drug-likeness (QED) is 0.747. The smallest absolute Gasteiger partial charge is 0.166 e. The zero-order chi connectivity index (χ0) is 10.4. The molecule has 0 aliphatic carbocycles. The molecule has 0 spiro atoms. The van der Waals surface area contributed by atoms with E-state index < -0.39 is 0 Å². The maximum absolute atomic E-state index is 5.58. The topological polar surface area (TPSA) is 48.1 Å². The number of nitrogen functional groups attached to an aromatic ring is 1. The van der Waals surface area contributed by atoms with Gasteiger partial charge in [-0.2, -0.15) is 12.6 Å². The molecule has 0 atom stereocenters. The van der Waals surface area contributed by atoms with Gasteiger partial charge in [-0.05, 0) is 23.8 Å². The van der Waals surface area contributed by atoms with Crippen LogP contribution < -0.4 is 10.5 Å². The molecule has 2 N–H and O–H groups in total. The molecule has 1 aromatic rings. The Bertz CT molecular complexity index is 326. The molecule has 4 heteroatoms. The van der Waals surface area contributed by atoms with Crippen LogP contribution in [-0.2, 0) is 0 Å². The van der Waals surface area contributed by atoms with E-state index in [4.69, 9.17) is 10.5 Å². The Hall–Kier alpha value is -1.16. The average molecular weight is 210 g/mol. The number of rotatable bonds is 4. The first-order chi connectivity index (χ1) is 6.77. The first-order valence-electron chi connectivity index (χ1n) is 4.35. The summed E-state index contributed by atoms with van der Waals surface area (Å²) in [6.07, 6.45) is 6.67. The number of anilines is 1. The molecule has 1 aromatic heterocycles. The standard InChI is InChI=1S/C10H14N2OS/c1-13-9-6-8(4-2-3-5-14)7-12-10(9)11/h2,4,6-7,14H,3,5H2,1H3,(H2,11,12). The van der Waals surface area contributed by atoms with Crippen LogP contribution in [0.15, 0.2) is 18.3 Å². The van der Waals surface area contributed by atoms with Gasteiger partial charge in [0.15, 0.2) is 11.6 Å². The van der Waals surface area contributed by atoms with Gasteiger partial charge in [0.25, 0.3) is 0 Å². The number of nitrogens with two attached hydrogens (primary N) is 1. The second-order valence-electron chi connectivity index (χ2n) is 2.77. The van der Waals surface area contributed by atoms with Crippen molar-refractivity contribution >= 4 is 24.5 Å². The van der Waals surface area contributed by atoms with E-state index in [2.05, 4.69) is 17.6 Å². The number of pyridine rings is 1. The summed E-state index contributed by atoms with van der Waals surface area (Å²) >= 11 is 4.11. The summed E-state index contributed by atoms with van der Waals surface area (Å²) in [5.74, 6) is 1.87. The summed E-state index contributed by atoms with van der Waals surface area (Å²) in [6.45, 7) is 0. The Morgan fingerprint density at radius 3 is 3.07 bits per heavy atom. The largest absolute Gasteiger partial charge is 0.493 e. The van der Waals surface area contributed by atoms with Crippen LogP contribution in [0.3, 0.4) is 0 Å². The van der Waals surface area contributed by atoms with Crippen LogP contribution in [0, 0.1) is 0 Å². The van der Waals surface area contributed by atoms with E-state index in [-0.39, 0.29) is 0 Å². The Balaban J connectivity index is 2.79. The summed E-state index contributed by atoms with van der Waals surface area (Å²) in [5.41, 5.74) is 6.57. The zero-order valence-corrected chi connectivity index (χ0v) is 9.00. The molecular weight excluding hydrogens is 196 g/mol. The van der Waals surface area contributed by atoms with E-state index in [1.807, 2.05) is 18.2 Å². The summed E-state index contributed by atoms with van der Waals surface area (Å²) in [6, 6.07) is 1.86. The van der Waals surface area contributed by atoms with Crippen LogP contribution in [-0.4, -0.2) is 17.8 Å². The van der Waals surface area contributed by atoms with E-state index in [0.717, 1.165) is 17.7 Å². The number of thiol groups is 1. The van der Waals surface area contributed by atoms with E-state index in [9.17, 15) is 0 Å². The van der Waals surface area contributed by atoms with Crippen LogP contribution in [0.5, 0.6) is 5.75 Å². The Morgan fingerprint density at radius 1 is 1.64 bits per heavy atom. The third-order valence-electron chi connectivity index (χ3n) is 1.73. The lowest BCUT2D eigenvalue weighted by molar-refractivity contribution is 0.415. The first kappa shape index (κ1) is 10.9. The van der Waals surface area contributed by atoms with E-state index in [0.29, 0.717) is 11.6 Å². The number of hydrogen-bond donors (Lipinski definition) is 2. The van der Waals surface area contributed by atoms with Crippen molar-refractivity contribution in [2.24, 2.45) is 0 Å². The third-order valence-corrected chi connectivity index (χ3v) is 1.99. The van der Waals surface area contributed by atoms with Gasteiger partial charge in [0.05, 0.1) is 7.11 Å². The monoisotopic (exact) mass is 210 g/mol. The van der Waals surface area contributed by atoms with Crippen molar-refractivity contribution in [1.82, 2.24) is 4.98 Å². The van der Waals surface area contributed by atoms with Gasteiger partial charge < -0.3 is 10.5 Å². The van der Waals surface area contributed by atoms with Crippen molar-refractivity contribution in [3.05, 3.63) is 23.9 Å². The molecule has 0 aliphatic rings. The van der Waals surface area contributed by atoms with E-state index in [1.165, 1.54) is 0 Å².